The van der Waals surface area contributed by atoms with Gasteiger partial charge in [-0.15, -0.1) is 0 Å². The number of nitrogens with two attached hydrogens (primary N) is 1. The lowest BCUT2D eigenvalue weighted by molar-refractivity contribution is -0.125. The highest BCUT2D eigenvalue weighted by molar-refractivity contribution is 5.85. The van der Waals surface area contributed by atoms with Gasteiger partial charge in [0.2, 0.25) is 5.91 Å². The Bertz CT molecular complexity index is 380. The molecule has 16 heavy (non-hydrogen) atoms. The number of amides is 1. The van der Waals surface area contributed by atoms with Crippen LogP contribution in [-0.4, -0.2) is 19.0 Å². The fraction of sp³-hybridized carbons (Fsp3) is 0.583. The van der Waals surface area contributed by atoms with E-state index >= 15 is 0 Å². The van der Waals surface area contributed by atoms with Crippen molar-refractivity contribution in [3.05, 3.63) is 23.7 Å². The van der Waals surface area contributed by atoms with E-state index in [-0.39, 0.29) is 11.3 Å². The number of rotatable bonds is 5. The van der Waals surface area contributed by atoms with Gasteiger partial charge in [0.25, 0.3) is 0 Å². The molecule has 2 rings (SSSR count). The fourth-order valence-electron chi connectivity index (χ4n) is 1.78. The predicted octanol–water partition coefficient (Wildman–Crippen LogP) is 0.986. The number of aryl methyl sites for hydroxylation is 1. The zero-order valence-corrected chi connectivity index (χ0v) is 9.58. The van der Waals surface area contributed by atoms with E-state index in [1.807, 2.05) is 19.1 Å². The molecule has 0 bridgehead atoms. The van der Waals surface area contributed by atoms with Crippen molar-refractivity contribution in [2.24, 2.45) is 11.1 Å². The van der Waals surface area contributed by atoms with Crippen LogP contribution < -0.4 is 11.1 Å². The van der Waals surface area contributed by atoms with E-state index in [0.29, 0.717) is 13.1 Å². The third-order valence-electron chi connectivity index (χ3n) is 3.18. The second-order valence-corrected chi connectivity index (χ2v) is 4.50. The Morgan fingerprint density at radius 1 is 1.56 bits per heavy atom. The van der Waals surface area contributed by atoms with Crippen LogP contribution in [0.4, 0.5) is 0 Å². The van der Waals surface area contributed by atoms with Crippen molar-refractivity contribution in [3.63, 3.8) is 0 Å². The SMILES string of the molecule is Cc1ccc(CCNC(=O)C2(CN)CC2)o1. The second kappa shape index (κ2) is 4.29. The Hall–Kier alpha value is -1.29. The van der Waals surface area contributed by atoms with Gasteiger partial charge >= 0.3 is 0 Å². The molecule has 1 aliphatic rings. The van der Waals surface area contributed by atoms with Gasteiger partial charge in [-0.2, -0.15) is 0 Å². The van der Waals surface area contributed by atoms with E-state index in [9.17, 15) is 4.79 Å². The van der Waals surface area contributed by atoms with Crippen LogP contribution in [0.15, 0.2) is 16.5 Å². The van der Waals surface area contributed by atoms with Crippen molar-refractivity contribution < 1.29 is 9.21 Å². The number of carbonyl (C=O) groups excluding carboxylic acids is 1. The first kappa shape index (κ1) is 11.2. The molecule has 0 saturated heterocycles. The van der Waals surface area contributed by atoms with Gasteiger partial charge in [-0.3, -0.25) is 4.79 Å². The van der Waals surface area contributed by atoms with Gasteiger partial charge in [0, 0.05) is 19.5 Å². The molecule has 0 spiro atoms. The molecule has 0 atom stereocenters. The monoisotopic (exact) mass is 222 g/mol. The second-order valence-electron chi connectivity index (χ2n) is 4.50. The summed E-state index contributed by atoms with van der Waals surface area (Å²) < 4.78 is 5.42. The fourth-order valence-corrected chi connectivity index (χ4v) is 1.78. The van der Waals surface area contributed by atoms with Crippen LogP contribution in [0.3, 0.4) is 0 Å². The molecule has 4 nitrogen and oxygen atoms in total. The van der Waals surface area contributed by atoms with Crippen molar-refractivity contribution in [3.8, 4) is 0 Å². The molecular formula is C12H18N2O2. The molecule has 1 fully saturated rings. The van der Waals surface area contributed by atoms with Crippen molar-refractivity contribution in [1.82, 2.24) is 5.32 Å². The molecule has 0 radical (unpaired) electrons. The van der Waals surface area contributed by atoms with Crippen molar-refractivity contribution >= 4 is 5.91 Å². The molecule has 1 heterocycles. The first-order valence-corrected chi connectivity index (χ1v) is 5.70. The number of hydrogen-bond donors (Lipinski definition) is 2. The number of nitrogens with one attached hydrogen (secondary N) is 1. The minimum atomic E-state index is -0.251. The molecule has 1 aliphatic carbocycles. The van der Waals surface area contributed by atoms with Gasteiger partial charge < -0.3 is 15.5 Å². The molecule has 0 aliphatic heterocycles. The Kier molecular flexibility index (Phi) is 3.01. The Morgan fingerprint density at radius 2 is 2.31 bits per heavy atom. The van der Waals surface area contributed by atoms with Gasteiger partial charge in [0.1, 0.15) is 11.5 Å². The summed E-state index contributed by atoms with van der Waals surface area (Å²) >= 11 is 0. The highest BCUT2D eigenvalue weighted by Crippen LogP contribution is 2.44. The zero-order valence-electron chi connectivity index (χ0n) is 9.58. The molecule has 0 unspecified atom stereocenters. The number of hydrogen-bond acceptors (Lipinski definition) is 3. The first-order valence-electron chi connectivity index (χ1n) is 5.70. The van der Waals surface area contributed by atoms with Crippen LogP contribution in [0.1, 0.15) is 24.4 Å². The van der Waals surface area contributed by atoms with Crippen LogP contribution in [0, 0.1) is 12.3 Å². The van der Waals surface area contributed by atoms with E-state index in [1.54, 1.807) is 0 Å². The number of carbonyl (C=O) groups is 1. The summed E-state index contributed by atoms with van der Waals surface area (Å²) in [7, 11) is 0. The summed E-state index contributed by atoms with van der Waals surface area (Å²) in [6.07, 6.45) is 2.59. The standard InChI is InChI=1S/C12H18N2O2/c1-9-2-3-10(16-9)4-7-14-11(15)12(8-13)5-6-12/h2-3H,4-8,13H2,1H3,(H,14,15). The third kappa shape index (κ3) is 2.27. The lowest BCUT2D eigenvalue weighted by Crippen LogP contribution is -2.37. The average molecular weight is 222 g/mol. The molecule has 0 aromatic carbocycles. The highest BCUT2D eigenvalue weighted by atomic mass is 16.3. The summed E-state index contributed by atoms with van der Waals surface area (Å²) in [5, 5.41) is 2.92. The van der Waals surface area contributed by atoms with Crippen LogP contribution in [0.5, 0.6) is 0 Å². The van der Waals surface area contributed by atoms with E-state index in [4.69, 9.17) is 10.2 Å². The van der Waals surface area contributed by atoms with Gasteiger partial charge in [0.15, 0.2) is 0 Å². The van der Waals surface area contributed by atoms with Gasteiger partial charge in [0.05, 0.1) is 5.41 Å². The van der Waals surface area contributed by atoms with E-state index in [1.165, 1.54) is 0 Å². The Balaban J connectivity index is 1.74. The third-order valence-corrected chi connectivity index (χ3v) is 3.18. The molecule has 1 saturated carbocycles. The van der Waals surface area contributed by atoms with Crippen molar-refractivity contribution in [1.29, 1.82) is 0 Å². The van der Waals surface area contributed by atoms with Gasteiger partial charge in [-0.25, -0.2) is 0 Å². The van der Waals surface area contributed by atoms with Gasteiger partial charge in [-0.1, -0.05) is 0 Å². The minimum Gasteiger partial charge on any atom is -0.466 e. The highest BCUT2D eigenvalue weighted by Gasteiger charge is 2.48. The smallest absolute Gasteiger partial charge is 0.227 e. The van der Waals surface area contributed by atoms with Crippen LogP contribution in [0.2, 0.25) is 0 Å². The van der Waals surface area contributed by atoms with Crippen molar-refractivity contribution in [2.75, 3.05) is 13.1 Å². The molecule has 1 aromatic heterocycles. The topological polar surface area (TPSA) is 68.3 Å². The molecule has 88 valence electrons. The van der Waals surface area contributed by atoms with E-state index in [2.05, 4.69) is 5.32 Å². The average Bonchev–Trinajstić information content (AvgIpc) is 2.98. The predicted molar refractivity (Wildman–Crippen MR) is 60.9 cm³/mol. The quantitative estimate of drug-likeness (QED) is 0.780. The number of furan rings is 1. The largest absolute Gasteiger partial charge is 0.466 e. The lowest BCUT2D eigenvalue weighted by Gasteiger charge is -2.11. The Morgan fingerprint density at radius 3 is 2.81 bits per heavy atom. The first-order chi connectivity index (χ1) is 7.66. The summed E-state index contributed by atoms with van der Waals surface area (Å²) in [4.78, 5) is 11.7. The minimum absolute atomic E-state index is 0.0956. The molecule has 1 aromatic rings. The van der Waals surface area contributed by atoms with Crippen LogP contribution >= 0.6 is 0 Å². The zero-order chi connectivity index (χ0) is 11.6. The maximum absolute atomic E-state index is 11.7. The van der Waals surface area contributed by atoms with E-state index < -0.39 is 0 Å². The summed E-state index contributed by atoms with van der Waals surface area (Å²) in [5.74, 6) is 1.91. The lowest BCUT2D eigenvalue weighted by atomic mass is 10.1. The summed E-state index contributed by atoms with van der Waals surface area (Å²) in [5.41, 5.74) is 5.33. The molecular weight excluding hydrogens is 204 g/mol. The summed E-state index contributed by atoms with van der Waals surface area (Å²) in [6, 6.07) is 3.87. The maximum atomic E-state index is 11.7. The molecule has 3 N–H and O–H groups in total. The maximum Gasteiger partial charge on any atom is 0.227 e. The molecule has 4 heteroatoms. The van der Waals surface area contributed by atoms with Crippen molar-refractivity contribution in [2.45, 2.75) is 26.2 Å². The van der Waals surface area contributed by atoms with Crippen LogP contribution in [-0.2, 0) is 11.2 Å². The summed E-state index contributed by atoms with van der Waals surface area (Å²) in [6.45, 7) is 2.99. The van der Waals surface area contributed by atoms with E-state index in [0.717, 1.165) is 30.8 Å². The van der Waals surface area contributed by atoms with Crippen LogP contribution in [0.25, 0.3) is 0 Å². The normalized spacial score (nSPS) is 17.1. The molecule has 1 amide bonds. The Labute approximate surface area is 95.2 Å². The van der Waals surface area contributed by atoms with Gasteiger partial charge in [-0.05, 0) is 31.9 Å².